The van der Waals surface area contributed by atoms with Crippen molar-refractivity contribution >= 4 is 34.2 Å². The van der Waals surface area contributed by atoms with E-state index in [0.717, 1.165) is 6.20 Å². The van der Waals surface area contributed by atoms with Crippen LogP contribution in [0.25, 0.3) is 0 Å². The maximum atomic E-state index is 11.8. The lowest BCUT2D eigenvalue weighted by Gasteiger charge is -2.09. The van der Waals surface area contributed by atoms with E-state index in [9.17, 15) is 18.0 Å². The minimum absolute atomic E-state index is 0.0608. The van der Waals surface area contributed by atoms with E-state index < -0.39 is 17.5 Å². The van der Waals surface area contributed by atoms with E-state index in [2.05, 4.69) is 9.72 Å². The lowest BCUT2D eigenvalue weighted by Crippen LogP contribution is -2.23. The summed E-state index contributed by atoms with van der Waals surface area (Å²) in [5.41, 5.74) is -0.993. The molecule has 1 aromatic heterocycles. The van der Waals surface area contributed by atoms with Crippen molar-refractivity contribution in [1.29, 1.82) is 0 Å². The summed E-state index contributed by atoms with van der Waals surface area (Å²) >= 11 is 6.82. The molecular formula is C6H2ClF3INO2. The first-order valence-electron chi connectivity index (χ1n) is 3.13. The molecule has 1 rings (SSSR count). The van der Waals surface area contributed by atoms with Crippen LogP contribution in [0.1, 0.15) is 0 Å². The van der Waals surface area contributed by atoms with E-state index in [-0.39, 0.29) is 8.72 Å². The van der Waals surface area contributed by atoms with Crippen LogP contribution in [0.15, 0.2) is 11.0 Å². The van der Waals surface area contributed by atoms with E-state index >= 15 is 0 Å². The molecule has 14 heavy (non-hydrogen) atoms. The van der Waals surface area contributed by atoms with Gasteiger partial charge in [0.25, 0.3) is 0 Å². The van der Waals surface area contributed by atoms with E-state index in [1.807, 2.05) is 0 Å². The fourth-order valence-corrected chi connectivity index (χ4v) is 1.32. The number of rotatable bonds is 1. The van der Waals surface area contributed by atoms with Crippen LogP contribution < -0.4 is 10.2 Å². The van der Waals surface area contributed by atoms with Crippen LogP contribution in [0.3, 0.4) is 0 Å². The average Bonchev–Trinajstić information content (AvgIpc) is 2.04. The first kappa shape index (κ1) is 11.6. The van der Waals surface area contributed by atoms with Gasteiger partial charge in [-0.15, -0.1) is 13.2 Å². The maximum Gasteiger partial charge on any atom is 0.573 e. The van der Waals surface area contributed by atoms with Crippen LogP contribution in [0, 0.1) is 3.70 Å². The number of ether oxygens (including phenoxy) is 1. The highest BCUT2D eigenvalue weighted by atomic mass is 127. The number of aromatic nitrogens is 1. The summed E-state index contributed by atoms with van der Waals surface area (Å²) in [6.45, 7) is 0. The van der Waals surface area contributed by atoms with Crippen molar-refractivity contribution in [2.75, 3.05) is 0 Å². The molecule has 0 unspecified atom stereocenters. The van der Waals surface area contributed by atoms with Gasteiger partial charge in [-0.25, -0.2) is 0 Å². The molecule has 0 aliphatic heterocycles. The molecule has 78 valence electrons. The van der Waals surface area contributed by atoms with Crippen LogP contribution in [-0.2, 0) is 0 Å². The van der Waals surface area contributed by atoms with Gasteiger partial charge in [0.1, 0.15) is 8.72 Å². The number of alkyl halides is 3. The molecule has 1 aromatic rings. The molecule has 0 bridgehead atoms. The highest BCUT2D eigenvalue weighted by Crippen LogP contribution is 2.24. The first-order chi connectivity index (χ1) is 6.31. The largest absolute Gasteiger partial charge is 0.573 e. The number of hydrogen-bond acceptors (Lipinski definition) is 2. The zero-order chi connectivity index (χ0) is 10.9. The number of pyridine rings is 1. The fraction of sp³-hybridized carbons (Fsp3) is 0.167. The van der Waals surface area contributed by atoms with E-state index in [1.54, 1.807) is 0 Å². The van der Waals surface area contributed by atoms with E-state index in [0.29, 0.717) is 0 Å². The zero-order valence-corrected chi connectivity index (χ0v) is 9.20. The topological polar surface area (TPSA) is 42.1 Å². The Morgan fingerprint density at radius 3 is 2.57 bits per heavy atom. The predicted octanol–water partition coefficient (Wildman–Crippen LogP) is 2.53. The van der Waals surface area contributed by atoms with E-state index in [4.69, 9.17) is 11.6 Å². The first-order valence-corrected chi connectivity index (χ1v) is 4.59. The Balaban J connectivity index is 3.21. The van der Waals surface area contributed by atoms with Gasteiger partial charge >= 0.3 is 6.36 Å². The van der Waals surface area contributed by atoms with Gasteiger partial charge in [0.05, 0.1) is 0 Å². The van der Waals surface area contributed by atoms with Gasteiger partial charge in [-0.1, -0.05) is 11.6 Å². The fourth-order valence-electron chi connectivity index (χ4n) is 0.673. The zero-order valence-electron chi connectivity index (χ0n) is 6.28. The SMILES string of the molecule is O=c1c(Cl)c[nH]c(I)c1OC(F)(F)F. The number of aromatic amines is 1. The molecule has 0 amide bonds. The Kier molecular flexibility index (Phi) is 3.30. The number of halogens is 5. The minimum Gasteiger partial charge on any atom is -0.399 e. The minimum atomic E-state index is -4.91. The molecule has 1 heterocycles. The van der Waals surface area contributed by atoms with Crippen molar-refractivity contribution in [2.45, 2.75) is 6.36 Å². The smallest absolute Gasteiger partial charge is 0.399 e. The van der Waals surface area contributed by atoms with Crippen molar-refractivity contribution in [3.8, 4) is 5.75 Å². The van der Waals surface area contributed by atoms with Gasteiger partial charge in [-0.05, 0) is 22.6 Å². The van der Waals surface area contributed by atoms with Crippen molar-refractivity contribution in [2.24, 2.45) is 0 Å². The van der Waals surface area contributed by atoms with Crippen LogP contribution in [-0.4, -0.2) is 11.3 Å². The molecule has 0 saturated heterocycles. The molecule has 3 nitrogen and oxygen atoms in total. The number of hydrogen-bond donors (Lipinski definition) is 1. The second kappa shape index (κ2) is 3.97. The molecule has 0 aliphatic rings. The predicted molar refractivity (Wildman–Crippen MR) is 51.5 cm³/mol. The van der Waals surface area contributed by atoms with Crippen molar-refractivity contribution in [3.63, 3.8) is 0 Å². The van der Waals surface area contributed by atoms with Crippen LogP contribution in [0.5, 0.6) is 5.75 Å². The lowest BCUT2D eigenvalue weighted by molar-refractivity contribution is -0.275. The Morgan fingerprint density at radius 2 is 2.07 bits per heavy atom. The van der Waals surface area contributed by atoms with Gasteiger partial charge in [-0.2, -0.15) is 0 Å². The Hall–Kier alpha value is -0.440. The van der Waals surface area contributed by atoms with Crippen LogP contribution in [0.4, 0.5) is 13.2 Å². The summed E-state index contributed by atoms with van der Waals surface area (Å²) in [5.74, 6) is -0.842. The third-order valence-corrected chi connectivity index (χ3v) is 2.25. The quantitative estimate of drug-likeness (QED) is 0.631. The molecule has 0 aromatic carbocycles. The highest BCUT2D eigenvalue weighted by Gasteiger charge is 2.33. The molecule has 0 atom stereocenters. The monoisotopic (exact) mass is 339 g/mol. The third-order valence-electron chi connectivity index (χ3n) is 1.17. The van der Waals surface area contributed by atoms with Crippen LogP contribution >= 0.6 is 34.2 Å². The summed E-state index contributed by atoms with van der Waals surface area (Å²) in [4.78, 5) is 13.4. The molecule has 8 heteroatoms. The number of H-pyrrole nitrogens is 1. The third kappa shape index (κ3) is 2.77. The summed E-state index contributed by atoms with van der Waals surface area (Å²) in [7, 11) is 0. The molecule has 0 saturated carbocycles. The van der Waals surface area contributed by atoms with E-state index in [1.165, 1.54) is 22.6 Å². The molecule has 1 N–H and O–H groups in total. The van der Waals surface area contributed by atoms with Gasteiger partial charge < -0.3 is 9.72 Å². The normalized spacial score (nSPS) is 11.5. The van der Waals surface area contributed by atoms with Crippen molar-refractivity contribution in [3.05, 3.63) is 25.1 Å². The van der Waals surface area contributed by atoms with Crippen LogP contribution in [0.2, 0.25) is 5.02 Å². The standard InChI is InChI=1S/C6H2ClF3INO2/c7-2-1-12-5(11)4(3(2)13)14-6(8,9)10/h1H,(H,12,13). The summed E-state index contributed by atoms with van der Waals surface area (Å²) in [6.07, 6.45) is -3.81. The van der Waals surface area contributed by atoms with Crippen molar-refractivity contribution in [1.82, 2.24) is 4.98 Å². The average molecular weight is 339 g/mol. The summed E-state index contributed by atoms with van der Waals surface area (Å²) in [5, 5.41) is -0.357. The van der Waals surface area contributed by atoms with Gasteiger partial charge in [-0.3, -0.25) is 4.79 Å². The second-order valence-corrected chi connectivity index (χ2v) is 3.64. The Bertz CT molecular complexity index is 403. The number of nitrogens with one attached hydrogen (secondary N) is 1. The van der Waals surface area contributed by atoms with Gasteiger partial charge in [0.15, 0.2) is 0 Å². The Labute approximate surface area is 94.4 Å². The van der Waals surface area contributed by atoms with Gasteiger partial charge in [0.2, 0.25) is 11.2 Å². The maximum absolute atomic E-state index is 11.8. The summed E-state index contributed by atoms with van der Waals surface area (Å²) in [6, 6.07) is 0. The summed E-state index contributed by atoms with van der Waals surface area (Å²) < 4.78 is 38.9. The Morgan fingerprint density at radius 1 is 1.50 bits per heavy atom. The molecule has 0 radical (unpaired) electrons. The van der Waals surface area contributed by atoms with Gasteiger partial charge in [0, 0.05) is 6.20 Å². The lowest BCUT2D eigenvalue weighted by atomic mass is 10.4. The molecular weight excluding hydrogens is 337 g/mol. The second-order valence-electron chi connectivity index (χ2n) is 2.16. The van der Waals surface area contributed by atoms with Crippen molar-refractivity contribution < 1.29 is 17.9 Å². The molecule has 0 fully saturated rings. The molecule has 0 aliphatic carbocycles. The molecule has 0 spiro atoms. The highest BCUT2D eigenvalue weighted by molar-refractivity contribution is 14.1.